The van der Waals surface area contributed by atoms with E-state index in [1.165, 1.54) is 0 Å². The first-order valence-corrected chi connectivity index (χ1v) is 11.2. The quantitative estimate of drug-likeness (QED) is 0.656. The van der Waals surface area contributed by atoms with Gasteiger partial charge in [-0.3, -0.25) is 19.3 Å². The van der Waals surface area contributed by atoms with E-state index >= 15 is 0 Å². The fourth-order valence-corrected chi connectivity index (χ4v) is 5.33. The van der Waals surface area contributed by atoms with Gasteiger partial charge in [0.15, 0.2) is 0 Å². The molecule has 2 bridgehead atoms. The largest absolute Gasteiger partial charge is 0.355 e. The molecular weight excluding hydrogens is 408 g/mol. The van der Waals surface area contributed by atoms with Crippen molar-refractivity contribution in [3.63, 3.8) is 0 Å². The number of piperazine rings is 1. The van der Waals surface area contributed by atoms with Crippen molar-refractivity contribution in [2.24, 2.45) is 5.73 Å². The third-order valence-electron chi connectivity index (χ3n) is 7.05. The fourth-order valence-electron chi connectivity index (χ4n) is 5.33. The van der Waals surface area contributed by atoms with E-state index in [2.05, 4.69) is 11.4 Å². The van der Waals surface area contributed by atoms with Crippen LogP contribution < -0.4 is 11.1 Å². The van der Waals surface area contributed by atoms with Crippen molar-refractivity contribution in [1.29, 1.82) is 5.26 Å². The van der Waals surface area contributed by atoms with Gasteiger partial charge in [-0.05, 0) is 43.9 Å². The van der Waals surface area contributed by atoms with Gasteiger partial charge in [0.2, 0.25) is 11.8 Å². The maximum atomic E-state index is 13.2. The molecule has 5 atom stereocenters. The SMILES string of the molecule is CNC(=O)c1ccc([C@H](C)N2C(=O)[C@H]3C[C@@H]2CN3C[C@H](N)C(=O)N2CCC[C@H]2C#N)cc1. The average Bonchev–Trinajstić information content (AvgIpc) is 3.52. The highest BCUT2D eigenvalue weighted by Gasteiger charge is 2.51. The van der Waals surface area contributed by atoms with Gasteiger partial charge < -0.3 is 20.9 Å². The number of fused-ring (bicyclic) bond motifs is 2. The summed E-state index contributed by atoms with van der Waals surface area (Å²) in [5.74, 6) is -0.289. The maximum absolute atomic E-state index is 13.2. The number of amides is 3. The van der Waals surface area contributed by atoms with Crippen LogP contribution in [0.1, 0.15) is 48.1 Å². The second kappa shape index (κ2) is 8.88. The summed E-state index contributed by atoms with van der Waals surface area (Å²) >= 11 is 0. The van der Waals surface area contributed by atoms with Crippen LogP contribution in [0.4, 0.5) is 0 Å². The molecule has 1 aromatic carbocycles. The van der Waals surface area contributed by atoms with E-state index < -0.39 is 12.1 Å². The van der Waals surface area contributed by atoms with E-state index in [1.807, 2.05) is 28.9 Å². The Morgan fingerprint density at radius 3 is 2.66 bits per heavy atom. The Hall–Kier alpha value is -2.96. The molecule has 3 amide bonds. The smallest absolute Gasteiger partial charge is 0.251 e. The monoisotopic (exact) mass is 438 g/mol. The van der Waals surface area contributed by atoms with E-state index in [4.69, 9.17) is 5.73 Å². The molecule has 3 saturated heterocycles. The van der Waals surface area contributed by atoms with Crippen LogP contribution in [0.25, 0.3) is 0 Å². The Balaban J connectivity index is 1.38. The average molecular weight is 439 g/mol. The molecule has 4 rings (SSSR count). The number of benzene rings is 1. The van der Waals surface area contributed by atoms with Gasteiger partial charge in [0.25, 0.3) is 5.91 Å². The highest BCUT2D eigenvalue weighted by atomic mass is 16.2. The predicted octanol–water partition coefficient (Wildman–Crippen LogP) is 0.234. The summed E-state index contributed by atoms with van der Waals surface area (Å²) in [6.45, 7) is 3.57. The van der Waals surface area contributed by atoms with Crippen LogP contribution in [-0.4, -0.2) is 83.3 Å². The first-order chi connectivity index (χ1) is 15.3. The van der Waals surface area contributed by atoms with Crippen molar-refractivity contribution in [3.8, 4) is 6.07 Å². The minimum absolute atomic E-state index is 0.0554. The number of likely N-dealkylation sites (tertiary alicyclic amines) is 3. The molecule has 32 heavy (non-hydrogen) atoms. The number of hydrogen-bond donors (Lipinski definition) is 2. The predicted molar refractivity (Wildman–Crippen MR) is 117 cm³/mol. The molecule has 0 aromatic heterocycles. The summed E-state index contributed by atoms with van der Waals surface area (Å²) in [6, 6.07) is 8.08. The molecule has 170 valence electrons. The number of nitrogens with two attached hydrogens (primary N) is 1. The fraction of sp³-hybridized carbons (Fsp3) is 0.565. The zero-order valence-electron chi connectivity index (χ0n) is 18.5. The van der Waals surface area contributed by atoms with Crippen LogP contribution in [0.2, 0.25) is 0 Å². The highest BCUT2D eigenvalue weighted by molar-refractivity contribution is 5.94. The van der Waals surface area contributed by atoms with E-state index in [1.54, 1.807) is 24.1 Å². The Labute approximate surface area is 188 Å². The topological polar surface area (TPSA) is 123 Å². The van der Waals surface area contributed by atoms with Gasteiger partial charge >= 0.3 is 0 Å². The second-order valence-electron chi connectivity index (χ2n) is 8.91. The van der Waals surface area contributed by atoms with Crippen LogP contribution in [0.15, 0.2) is 24.3 Å². The van der Waals surface area contributed by atoms with E-state index in [-0.39, 0.29) is 35.8 Å². The first-order valence-electron chi connectivity index (χ1n) is 11.2. The van der Waals surface area contributed by atoms with Gasteiger partial charge in [-0.2, -0.15) is 5.26 Å². The number of hydrogen-bond acceptors (Lipinski definition) is 6. The van der Waals surface area contributed by atoms with Crippen molar-refractivity contribution in [1.82, 2.24) is 20.0 Å². The molecule has 1 aromatic rings. The van der Waals surface area contributed by atoms with Crippen LogP contribution in [0.3, 0.4) is 0 Å². The number of nitrogens with zero attached hydrogens (tertiary/aromatic N) is 4. The number of carbonyl (C=O) groups is 3. The number of carbonyl (C=O) groups excluding carboxylic acids is 3. The zero-order chi connectivity index (χ0) is 23.0. The molecule has 3 fully saturated rings. The van der Waals surface area contributed by atoms with E-state index in [9.17, 15) is 19.6 Å². The summed E-state index contributed by atoms with van der Waals surface area (Å²) in [6.07, 6.45) is 2.24. The Kier molecular flexibility index (Phi) is 6.17. The van der Waals surface area contributed by atoms with E-state index in [0.29, 0.717) is 31.6 Å². The lowest BCUT2D eigenvalue weighted by Crippen LogP contribution is -2.56. The van der Waals surface area contributed by atoms with Crippen molar-refractivity contribution in [3.05, 3.63) is 35.4 Å². The molecule has 0 saturated carbocycles. The van der Waals surface area contributed by atoms with E-state index in [0.717, 1.165) is 18.4 Å². The molecule has 0 aliphatic carbocycles. The molecular formula is C23H30N6O3. The Morgan fingerprint density at radius 2 is 2.03 bits per heavy atom. The normalized spacial score (nSPS) is 26.8. The van der Waals surface area contributed by atoms with Gasteiger partial charge in [-0.15, -0.1) is 0 Å². The van der Waals surface area contributed by atoms with Gasteiger partial charge in [-0.25, -0.2) is 0 Å². The summed E-state index contributed by atoms with van der Waals surface area (Å²) in [4.78, 5) is 43.2. The molecule has 9 nitrogen and oxygen atoms in total. The Morgan fingerprint density at radius 1 is 1.31 bits per heavy atom. The molecule has 3 aliphatic rings. The minimum Gasteiger partial charge on any atom is -0.355 e. The van der Waals surface area contributed by atoms with Crippen molar-refractivity contribution < 1.29 is 14.4 Å². The van der Waals surface area contributed by atoms with Gasteiger partial charge in [0.1, 0.15) is 6.04 Å². The number of nitrogens with one attached hydrogen (secondary N) is 1. The molecule has 0 spiro atoms. The second-order valence-corrected chi connectivity index (χ2v) is 8.91. The highest BCUT2D eigenvalue weighted by Crippen LogP contribution is 2.38. The molecule has 3 heterocycles. The van der Waals surface area contributed by atoms with Gasteiger partial charge in [0.05, 0.1) is 24.2 Å². The first kappa shape index (κ1) is 22.2. The molecule has 0 radical (unpaired) electrons. The minimum atomic E-state index is -0.737. The van der Waals surface area contributed by atoms with Crippen molar-refractivity contribution >= 4 is 17.7 Å². The third kappa shape index (κ3) is 3.85. The van der Waals surface area contributed by atoms with Crippen LogP contribution >= 0.6 is 0 Å². The van der Waals surface area contributed by atoms with Crippen molar-refractivity contribution in [2.45, 2.75) is 56.4 Å². The summed E-state index contributed by atoms with van der Waals surface area (Å²) in [7, 11) is 1.59. The molecule has 9 heteroatoms. The van der Waals surface area contributed by atoms with Gasteiger partial charge in [0, 0.05) is 38.3 Å². The lowest BCUT2D eigenvalue weighted by Gasteiger charge is -2.38. The number of rotatable bonds is 6. The zero-order valence-corrected chi connectivity index (χ0v) is 18.5. The lowest BCUT2D eigenvalue weighted by molar-refractivity contribution is -0.140. The third-order valence-corrected chi connectivity index (χ3v) is 7.05. The Bertz CT molecular complexity index is 942. The molecule has 3 N–H and O–H groups in total. The van der Waals surface area contributed by atoms with Crippen LogP contribution in [-0.2, 0) is 9.59 Å². The standard InChI is InChI=1S/C23H30N6O3/c1-14(15-5-7-16(8-6-15)21(30)26-2)29-18-10-20(23(29)32)27(12-18)13-19(25)22(31)28-9-3-4-17(28)11-24/h5-8,14,17-20H,3-4,9-10,12-13,25H2,1-2H3,(H,26,30)/t14-,17-,18+,19-,20+/m0/s1. The van der Waals surface area contributed by atoms with Crippen molar-refractivity contribution in [2.75, 3.05) is 26.7 Å². The molecule has 0 unspecified atom stereocenters. The lowest BCUT2D eigenvalue weighted by atomic mass is 10.0. The maximum Gasteiger partial charge on any atom is 0.251 e. The van der Waals surface area contributed by atoms with Crippen LogP contribution in [0, 0.1) is 11.3 Å². The summed E-state index contributed by atoms with van der Waals surface area (Å²) in [5.41, 5.74) is 7.77. The van der Waals surface area contributed by atoms with Crippen LogP contribution in [0.5, 0.6) is 0 Å². The summed E-state index contributed by atoms with van der Waals surface area (Å²) in [5, 5.41) is 11.8. The number of nitriles is 1. The molecule has 3 aliphatic heterocycles. The van der Waals surface area contributed by atoms with Gasteiger partial charge in [-0.1, -0.05) is 12.1 Å². The summed E-state index contributed by atoms with van der Waals surface area (Å²) < 4.78 is 0.